The lowest BCUT2D eigenvalue weighted by Gasteiger charge is -2.21. The molecule has 0 aromatic carbocycles. The summed E-state index contributed by atoms with van der Waals surface area (Å²) in [4.78, 5) is 73.0. The highest BCUT2D eigenvalue weighted by molar-refractivity contribution is 7.47. The van der Waals surface area contributed by atoms with Crippen molar-refractivity contribution in [1.82, 2.24) is 0 Å². The van der Waals surface area contributed by atoms with Gasteiger partial charge in [-0.2, -0.15) is 0 Å². The minimum atomic E-state index is -4.96. The summed E-state index contributed by atoms with van der Waals surface area (Å²) in [6.45, 7) is 12.0. The van der Waals surface area contributed by atoms with E-state index in [0.717, 1.165) is 108 Å². The molecular formula is C80H156O17P2. The molecule has 0 fully saturated rings. The van der Waals surface area contributed by atoms with Crippen molar-refractivity contribution in [1.29, 1.82) is 0 Å². The third-order valence-corrected chi connectivity index (χ3v) is 20.5. The Kier molecular flexibility index (Phi) is 69.0. The van der Waals surface area contributed by atoms with E-state index >= 15 is 0 Å². The average molecular weight is 1450 g/mol. The number of carbonyl (C=O) groups is 4. The summed E-state index contributed by atoms with van der Waals surface area (Å²) in [7, 11) is -9.92. The van der Waals surface area contributed by atoms with E-state index in [1.807, 2.05) is 0 Å². The normalized spacial score (nSPS) is 14.0. The molecule has 19 heteroatoms. The predicted octanol–water partition coefficient (Wildman–Crippen LogP) is 23.7. The van der Waals surface area contributed by atoms with Gasteiger partial charge >= 0.3 is 39.5 Å². The highest BCUT2D eigenvalue weighted by Crippen LogP contribution is 2.45. The number of esters is 4. The summed E-state index contributed by atoms with van der Waals surface area (Å²) >= 11 is 0. The lowest BCUT2D eigenvalue weighted by Crippen LogP contribution is -2.30. The lowest BCUT2D eigenvalue weighted by molar-refractivity contribution is -0.161. The molecule has 0 heterocycles. The molecule has 0 radical (unpaired) electrons. The fourth-order valence-corrected chi connectivity index (χ4v) is 13.9. The van der Waals surface area contributed by atoms with E-state index in [1.165, 1.54) is 225 Å². The molecule has 0 aromatic heterocycles. The van der Waals surface area contributed by atoms with Crippen molar-refractivity contribution in [3.05, 3.63) is 0 Å². The minimum Gasteiger partial charge on any atom is -0.462 e. The molecule has 588 valence electrons. The summed E-state index contributed by atoms with van der Waals surface area (Å²) in [6, 6.07) is 0. The highest BCUT2D eigenvalue weighted by atomic mass is 31.2. The quantitative estimate of drug-likeness (QED) is 0.0222. The van der Waals surface area contributed by atoms with E-state index in [1.54, 1.807) is 0 Å². The number of rotatable bonds is 78. The molecule has 0 aromatic rings. The van der Waals surface area contributed by atoms with Gasteiger partial charge in [-0.25, -0.2) is 9.13 Å². The van der Waals surface area contributed by atoms with Gasteiger partial charge in [0.25, 0.3) is 0 Å². The molecule has 0 spiro atoms. The molecule has 0 saturated carbocycles. The molecule has 0 saturated heterocycles. The van der Waals surface area contributed by atoms with Crippen molar-refractivity contribution < 1.29 is 80.2 Å². The molecule has 0 rings (SSSR count). The van der Waals surface area contributed by atoms with Gasteiger partial charge in [-0.05, 0) is 43.4 Å². The number of aliphatic hydroxyl groups excluding tert-OH is 1. The molecule has 0 aliphatic carbocycles. The minimum absolute atomic E-state index is 0.106. The molecular weight excluding hydrogens is 1290 g/mol. The van der Waals surface area contributed by atoms with Crippen LogP contribution in [0.5, 0.6) is 0 Å². The zero-order valence-corrected chi connectivity index (χ0v) is 66.8. The van der Waals surface area contributed by atoms with Gasteiger partial charge in [0.1, 0.15) is 19.3 Å². The van der Waals surface area contributed by atoms with E-state index in [2.05, 4.69) is 48.5 Å². The molecule has 2 unspecified atom stereocenters. The standard InChI is InChI=1S/C80H156O17P2/c1-8-9-10-11-12-13-23-33-40-47-54-61-77(82)90-67-76(97-80(85)64-57-50-43-36-29-28-32-39-46-53-60-73(6)7)70-95-99(88,89)93-66-74(81)65-92-98(86,87)94-69-75(68-91-78(83)62-55-48-41-34-26-21-18-17-20-25-31-38-45-52-59-72(4)5)96-79(84)63-56-49-42-35-27-22-16-14-15-19-24-30-37-44-51-58-71(2)3/h71-76,81H,8-70H2,1-7H3,(H,86,87)(H,88,89)/t74-,75-,76-/m1/s1. The second kappa shape index (κ2) is 70.4. The van der Waals surface area contributed by atoms with Crippen molar-refractivity contribution in [3.8, 4) is 0 Å². The lowest BCUT2D eigenvalue weighted by atomic mass is 10.0. The van der Waals surface area contributed by atoms with Gasteiger partial charge in [-0.1, -0.05) is 363 Å². The third-order valence-electron chi connectivity index (χ3n) is 18.6. The van der Waals surface area contributed by atoms with Gasteiger partial charge in [0, 0.05) is 25.7 Å². The smallest absolute Gasteiger partial charge is 0.462 e. The van der Waals surface area contributed by atoms with Crippen molar-refractivity contribution in [2.75, 3.05) is 39.6 Å². The van der Waals surface area contributed by atoms with Gasteiger partial charge in [0.2, 0.25) is 0 Å². The van der Waals surface area contributed by atoms with E-state index in [9.17, 15) is 43.2 Å². The van der Waals surface area contributed by atoms with Gasteiger partial charge in [-0.15, -0.1) is 0 Å². The topological polar surface area (TPSA) is 237 Å². The SMILES string of the molecule is CCCCCCCCCCCCCC(=O)OC[C@H](COP(=O)(O)OC[C@H](O)COP(=O)(O)OC[C@@H](COC(=O)CCCCCCCCCCCCCCCCC(C)C)OC(=O)CCCCCCCCCCCCCCCCCC(C)C)OC(=O)CCCCCCCCCCCCC(C)C. The van der Waals surface area contributed by atoms with Gasteiger partial charge < -0.3 is 33.8 Å². The summed E-state index contributed by atoms with van der Waals surface area (Å²) < 4.78 is 68.7. The number of hydrogen-bond donors (Lipinski definition) is 3. The summed E-state index contributed by atoms with van der Waals surface area (Å²) in [5.41, 5.74) is 0. The van der Waals surface area contributed by atoms with Crippen molar-refractivity contribution in [2.45, 2.75) is 433 Å². The Morgan fingerprint density at radius 1 is 0.273 bits per heavy atom. The third kappa shape index (κ3) is 74.1. The molecule has 17 nitrogen and oxygen atoms in total. The van der Waals surface area contributed by atoms with Gasteiger partial charge in [0.05, 0.1) is 26.4 Å². The van der Waals surface area contributed by atoms with Crippen LogP contribution < -0.4 is 0 Å². The first-order valence-electron chi connectivity index (χ1n) is 41.3. The van der Waals surface area contributed by atoms with Crippen LogP contribution in [0, 0.1) is 17.8 Å². The molecule has 5 atom stereocenters. The Bertz CT molecular complexity index is 1920. The molecule has 0 bridgehead atoms. The van der Waals surface area contributed by atoms with Crippen molar-refractivity contribution in [2.24, 2.45) is 17.8 Å². The number of phosphoric acid groups is 2. The van der Waals surface area contributed by atoms with Crippen molar-refractivity contribution in [3.63, 3.8) is 0 Å². The first kappa shape index (κ1) is 97.1. The Balaban J connectivity index is 5.25. The zero-order chi connectivity index (χ0) is 73.0. The van der Waals surface area contributed by atoms with E-state index in [-0.39, 0.29) is 25.7 Å². The van der Waals surface area contributed by atoms with Crippen LogP contribution >= 0.6 is 15.6 Å². The maximum Gasteiger partial charge on any atom is 0.472 e. The zero-order valence-electron chi connectivity index (χ0n) is 65.0. The number of aliphatic hydroxyl groups is 1. The number of unbranched alkanes of at least 4 members (excludes halogenated alkanes) is 46. The van der Waals surface area contributed by atoms with Crippen LogP contribution in [0.4, 0.5) is 0 Å². The van der Waals surface area contributed by atoms with Crippen LogP contribution in [-0.4, -0.2) is 96.7 Å². The van der Waals surface area contributed by atoms with Crippen LogP contribution in [0.25, 0.3) is 0 Å². The average Bonchev–Trinajstić information content (AvgIpc) is 1.80. The van der Waals surface area contributed by atoms with Crippen LogP contribution in [-0.2, 0) is 65.4 Å². The molecule has 0 amide bonds. The van der Waals surface area contributed by atoms with Crippen LogP contribution in [0.2, 0.25) is 0 Å². The largest absolute Gasteiger partial charge is 0.472 e. The van der Waals surface area contributed by atoms with E-state index in [4.69, 9.17) is 37.0 Å². The predicted molar refractivity (Wildman–Crippen MR) is 405 cm³/mol. The Hall–Kier alpha value is -1.94. The monoisotopic (exact) mass is 1450 g/mol. The van der Waals surface area contributed by atoms with Crippen LogP contribution in [0.1, 0.15) is 414 Å². The second-order valence-electron chi connectivity index (χ2n) is 30.2. The maximum atomic E-state index is 13.1. The highest BCUT2D eigenvalue weighted by Gasteiger charge is 2.30. The van der Waals surface area contributed by atoms with Crippen LogP contribution in [0.15, 0.2) is 0 Å². The van der Waals surface area contributed by atoms with Crippen LogP contribution in [0.3, 0.4) is 0 Å². The number of phosphoric ester groups is 2. The fourth-order valence-electron chi connectivity index (χ4n) is 12.3. The molecule has 99 heavy (non-hydrogen) atoms. The Morgan fingerprint density at radius 3 is 0.687 bits per heavy atom. The molecule has 0 aliphatic rings. The Morgan fingerprint density at radius 2 is 0.465 bits per heavy atom. The van der Waals surface area contributed by atoms with Gasteiger partial charge in [-0.3, -0.25) is 37.3 Å². The summed E-state index contributed by atoms with van der Waals surface area (Å²) in [5, 5.41) is 10.6. The van der Waals surface area contributed by atoms with Gasteiger partial charge in [0.15, 0.2) is 12.2 Å². The van der Waals surface area contributed by atoms with E-state index < -0.39 is 97.5 Å². The fraction of sp³-hybridized carbons (Fsp3) is 0.950. The number of ether oxygens (including phenoxy) is 4. The molecule has 0 aliphatic heterocycles. The summed E-state index contributed by atoms with van der Waals surface area (Å²) in [6.07, 6.45) is 58.2. The Labute approximate surface area is 607 Å². The van der Waals surface area contributed by atoms with Crippen molar-refractivity contribution >= 4 is 39.5 Å². The maximum absolute atomic E-state index is 13.1. The van der Waals surface area contributed by atoms with E-state index in [0.29, 0.717) is 25.7 Å². The molecule has 3 N–H and O–H groups in total. The summed E-state index contributed by atoms with van der Waals surface area (Å²) in [5.74, 6) is 0.243. The first-order valence-corrected chi connectivity index (χ1v) is 44.3. The second-order valence-corrected chi connectivity index (χ2v) is 33.1. The first-order chi connectivity index (χ1) is 47.7. The number of carbonyl (C=O) groups excluding carboxylic acids is 4. The number of hydrogen-bond acceptors (Lipinski definition) is 15.